The molecule has 2 rings (SSSR count). The molecule has 0 heterocycles. The first-order valence-corrected chi connectivity index (χ1v) is 8.78. The Kier molecular flexibility index (Phi) is 6.66. The molecule has 144 valence electrons. The quantitative estimate of drug-likeness (QED) is 0.407. The van der Waals surface area contributed by atoms with Gasteiger partial charge in [0, 0.05) is 32.3 Å². The second-order valence-corrected chi connectivity index (χ2v) is 6.65. The fourth-order valence-electron chi connectivity index (χ4n) is 2.66. The van der Waals surface area contributed by atoms with Crippen molar-refractivity contribution in [2.45, 2.75) is 20.8 Å². The van der Waals surface area contributed by atoms with Crippen LogP contribution < -0.4 is 4.90 Å². The van der Waals surface area contributed by atoms with Crippen LogP contribution in [-0.2, 0) is 0 Å². The summed E-state index contributed by atoms with van der Waals surface area (Å²) in [6.07, 6.45) is 1.76. The molecule has 0 atom stereocenters. The highest BCUT2D eigenvalue weighted by molar-refractivity contribution is 6.01. The van der Waals surface area contributed by atoms with Crippen molar-refractivity contribution in [1.82, 2.24) is 4.90 Å². The number of benzene rings is 2. The third-order valence-corrected chi connectivity index (χ3v) is 4.44. The lowest BCUT2D eigenvalue weighted by molar-refractivity contribution is 0.0999. The average molecular weight is 373 g/mol. The van der Waals surface area contributed by atoms with Gasteiger partial charge >= 0.3 is 0 Å². The first-order chi connectivity index (χ1) is 12.7. The van der Waals surface area contributed by atoms with E-state index in [-0.39, 0.29) is 18.0 Å². The molecule has 0 aliphatic rings. The normalized spacial score (nSPS) is 11.1. The van der Waals surface area contributed by atoms with Gasteiger partial charge in [-0.1, -0.05) is 0 Å². The van der Waals surface area contributed by atoms with Crippen LogP contribution in [0.3, 0.4) is 0 Å². The van der Waals surface area contributed by atoms with Crippen molar-refractivity contribution in [2.24, 2.45) is 4.99 Å². The van der Waals surface area contributed by atoms with E-state index in [2.05, 4.69) is 4.99 Å². The maximum absolute atomic E-state index is 13.9. The van der Waals surface area contributed by atoms with Crippen molar-refractivity contribution >= 4 is 23.5 Å². The van der Waals surface area contributed by atoms with Crippen LogP contribution in [0.2, 0.25) is 0 Å². The number of halogens is 2. The summed E-state index contributed by atoms with van der Waals surface area (Å²) in [5.74, 6) is -1.47. The Morgan fingerprint density at radius 3 is 2.44 bits per heavy atom. The van der Waals surface area contributed by atoms with Crippen LogP contribution in [0, 0.1) is 25.5 Å². The van der Waals surface area contributed by atoms with E-state index in [0.29, 0.717) is 5.56 Å². The molecule has 0 aliphatic carbocycles. The number of carbonyl (C=O) groups excluding carboxylic acids is 1. The Morgan fingerprint density at radius 1 is 1.11 bits per heavy atom. The minimum Gasteiger partial charge on any atom is -0.366 e. The van der Waals surface area contributed by atoms with Crippen LogP contribution in [0.25, 0.3) is 0 Å². The minimum absolute atomic E-state index is 0.00990. The van der Waals surface area contributed by atoms with Crippen molar-refractivity contribution in [3.8, 4) is 0 Å². The number of hydrogen-bond acceptors (Lipinski definition) is 3. The molecular weight excluding hydrogens is 348 g/mol. The van der Waals surface area contributed by atoms with Gasteiger partial charge in [0.05, 0.1) is 24.3 Å². The fraction of sp³-hybridized carbons (Fsp3) is 0.333. The van der Waals surface area contributed by atoms with E-state index in [4.69, 9.17) is 0 Å². The Hall–Kier alpha value is -2.76. The molecule has 0 aliphatic heterocycles. The Bertz CT molecular complexity index is 865. The second kappa shape index (κ2) is 8.75. The van der Waals surface area contributed by atoms with E-state index in [9.17, 15) is 13.6 Å². The molecule has 0 fully saturated rings. The predicted octanol–water partition coefficient (Wildman–Crippen LogP) is 4.51. The molecule has 0 aromatic heterocycles. The predicted molar refractivity (Wildman–Crippen MR) is 106 cm³/mol. The zero-order valence-corrected chi connectivity index (χ0v) is 16.4. The summed E-state index contributed by atoms with van der Waals surface area (Å²) in [5.41, 5.74) is 3.26. The van der Waals surface area contributed by atoms with Gasteiger partial charge in [0.25, 0.3) is 0 Å². The summed E-state index contributed by atoms with van der Waals surface area (Å²) in [6, 6.07) is 7.00. The third kappa shape index (κ3) is 5.12. The monoisotopic (exact) mass is 373 g/mol. The molecule has 0 saturated carbocycles. The van der Waals surface area contributed by atoms with E-state index < -0.39 is 11.6 Å². The molecule has 27 heavy (non-hydrogen) atoms. The standard InChI is InChI=1S/C21H25F2N3O/c1-6-25(4)13-24-19-10-14(2)17(9-15(19)3)21(27)12-26(5)20-8-7-16(22)11-18(20)23/h7-11,13H,6,12H2,1-5H3. The van der Waals surface area contributed by atoms with Crippen molar-refractivity contribution in [1.29, 1.82) is 0 Å². The summed E-state index contributed by atoms with van der Waals surface area (Å²) in [6.45, 7) is 6.63. The summed E-state index contributed by atoms with van der Waals surface area (Å²) < 4.78 is 27.0. The molecule has 0 saturated heterocycles. The van der Waals surface area contributed by atoms with Crippen LogP contribution >= 0.6 is 0 Å². The van der Waals surface area contributed by atoms with E-state index >= 15 is 0 Å². The van der Waals surface area contributed by atoms with Crippen molar-refractivity contribution in [2.75, 3.05) is 32.1 Å². The zero-order chi connectivity index (χ0) is 20.1. The lowest BCUT2D eigenvalue weighted by atomic mass is 10.00. The zero-order valence-electron chi connectivity index (χ0n) is 16.4. The molecule has 0 spiro atoms. The number of ketones is 1. The Balaban J connectivity index is 2.21. The second-order valence-electron chi connectivity index (χ2n) is 6.65. The Labute approximate surface area is 159 Å². The van der Waals surface area contributed by atoms with E-state index in [1.807, 2.05) is 44.9 Å². The van der Waals surface area contributed by atoms with Crippen molar-refractivity contribution in [3.63, 3.8) is 0 Å². The van der Waals surface area contributed by atoms with Gasteiger partial charge in [-0.05, 0) is 56.2 Å². The van der Waals surface area contributed by atoms with E-state index in [1.54, 1.807) is 13.4 Å². The molecule has 4 nitrogen and oxygen atoms in total. The van der Waals surface area contributed by atoms with Gasteiger partial charge in [-0.25, -0.2) is 13.8 Å². The van der Waals surface area contributed by atoms with Gasteiger partial charge in [-0.15, -0.1) is 0 Å². The smallest absolute Gasteiger partial charge is 0.182 e. The highest BCUT2D eigenvalue weighted by atomic mass is 19.1. The van der Waals surface area contributed by atoms with Gasteiger partial charge in [-0.2, -0.15) is 0 Å². The number of nitrogens with zero attached hydrogens (tertiary/aromatic N) is 3. The molecule has 0 bridgehead atoms. The number of aliphatic imine (C=N–C) groups is 1. The molecule has 2 aromatic rings. The van der Waals surface area contributed by atoms with Crippen LogP contribution in [-0.4, -0.2) is 44.2 Å². The number of Topliss-reactive ketones (excluding diaryl/α,β-unsaturated/α-hetero) is 1. The van der Waals surface area contributed by atoms with Gasteiger partial charge in [0.2, 0.25) is 0 Å². The lowest BCUT2D eigenvalue weighted by Gasteiger charge is -2.20. The largest absolute Gasteiger partial charge is 0.366 e. The number of hydrogen-bond donors (Lipinski definition) is 0. The number of anilines is 1. The Morgan fingerprint density at radius 2 is 1.81 bits per heavy atom. The number of carbonyl (C=O) groups is 1. The first kappa shape index (κ1) is 20.6. The van der Waals surface area contributed by atoms with Gasteiger partial charge in [-0.3, -0.25) is 4.79 Å². The van der Waals surface area contributed by atoms with Crippen LogP contribution in [0.15, 0.2) is 35.3 Å². The molecule has 0 amide bonds. The summed E-state index contributed by atoms with van der Waals surface area (Å²) in [5, 5.41) is 0. The molecule has 0 radical (unpaired) electrons. The maximum atomic E-state index is 13.9. The summed E-state index contributed by atoms with van der Waals surface area (Å²) in [7, 11) is 3.55. The van der Waals surface area contributed by atoms with Gasteiger partial charge in [0.15, 0.2) is 5.78 Å². The van der Waals surface area contributed by atoms with Crippen molar-refractivity contribution in [3.05, 3.63) is 58.7 Å². The van der Waals surface area contributed by atoms with Crippen molar-refractivity contribution < 1.29 is 13.6 Å². The molecule has 2 aromatic carbocycles. The number of rotatable bonds is 7. The summed E-state index contributed by atoms with van der Waals surface area (Å²) in [4.78, 5) is 20.6. The topological polar surface area (TPSA) is 35.9 Å². The molecule has 6 heteroatoms. The lowest BCUT2D eigenvalue weighted by Crippen LogP contribution is -2.27. The maximum Gasteiger partial charge on any atom is 0.182 e. The van der Waals surface area contributed by atoms with Gasteiger partial charge < -0.3 is 9.80 Å². The van der Waals surface area contributed by atoms with Crippen LogP contribution in [0.1, 0.15) is 28.4 Å². The third-order valence-electron chi connectivity index (χ3n) is 4.44. The van der Waals surface area contributed by atoms with Crippen LogP contribution in [0.5, 0.6) is 0 Å². The number of aryl methyl sites for hydroxylation is 2. The minimum atomic E-state index is -0.692. The highest BCUT2D eigenvalue weighted by Crippen LogP contribution is 2.25. The van der Waals surface area contributed by atoms with Crippen LogP contribution in [0.4, 0.5) is 20.2 Å². The average Bonchev–Trinajstić information content (AvgIpc) is 2.61. The molecule has 0 N–H and O–H groups in total. The first-order valence-electron chi connectivity index (χ1n) is 8.78. The molecular formula is C21H25F2N3O. The van der Waals surface area contributed by atoms with E-state index in [0.717, 1.165) is 29.4 Å². The SMILES string of the molecule is CCN(C)C=Nc1cc(C)c(C(=O)CN(C)c2ccc(F)cc2F)cc1C. The number of likely N-dealkylation sites (N-methyl/N-ethyl adjacent to an activating group) is 1. The molecule has 0 unspecified atom stereocenters. The van der Waals surface area contributed by atoms with E-state index in [1.165, 1.54) is 17.0 Å². The fourth-order valence-corrected chi connectivity index (χ4v) is 2.66. The highest BCUT2D eigenvalue weighted by Gasteiger charge is 2.16. The van der Waals surface area contributed by atoms with Gasteiger partial charge in [0.1, 0.15) is 11.6 Å². The summed E-state index contributed by atoms with van der Waals surface area (Å²) >= 11 is 0.